The monoisotopic (exact) mass is 339 g/mol. The Balaban J connectivity index is 1.77. The van der Waals surface area contributed by atoms with Gasteiger partial charge in [-0.25, -0.2) is 0 Å². The standard InChI is InChI=1S/C17H26BrNO/c1-13-7-9-17(20,10-8-13)12-19-14(2)11-15-3-5-16(18)6-4-15/h3-6,13-14,19-20H,7-12H2,1-2H3. The smallest absolute Gasteiger partial charge is 0.0771 e. The highest BCUT2D eigenvalue weighted by atomic mass is 79.9. The lowest BCUT2D eigenvalue weighted by molar-refractivity contribution is -0.00777. The van der Waals surface area contributed by atoms with Gasteiger partial charge in [-0.05, 0) is 62.6 Å². The summed E-state index contributed by atoms with van der Waals surface area (Å²) in [6.45, 7) is 5.19. The van der Waals surface area contributed by atoms with Gasteiger partial charge in [0.15, 0.2) is 0 Å². The molecule has 2 N–H and O–H groups in total. The number of rotatable bonds is 5. The molecule has 2 rings (SSSR count). The van der Waals surface area contributed by atoms with Gasteiger partial charge < -0.3 is 10.4 Å². The Labute approximate surface area is 131 Å². The molecule has 1 aliphatic carbocycles. The summed E-state index contributed by atoms with van der Waals surface area (Å²) in [5, 5.41) is 14.1. The van der Waals surface area contributed by atoms with Gasteiger partial charge in [-0.15, -0.1) is 0 Å². The Hall–Kier alpha value is -0.380. The van der Waals surface area contributed by atoms with Crippen molar-refractivity contribution < 1.29 is 5.11 Å². The number of aliphatic hydroxyl groups is 1. The molecule has 2 nitrogen and oxygen atoms in total. The number of hydrogen-bond donors (Lipinski definition) is 2. The Morgan fingerprint density at radius 3 is 2.50 bits per heavy atom. The van der Waals surface area contributed by atoms with Crippen LogP contribution in [0.1, 0.15) is 45.1 Å². The summed E-state index contributed by atoms with van der Waals surface area (Å²) in [6.07, 6.45) is 5.18. The van der Waals surface area contributed by atoms with Crippen LogP contribution in [-0.4, -0.2) is 23.3 Å². The molecule has 1 unspecified atom stereocenters. The molecule has 0 aromatic heterocycles. The Bertz CT molecular complexity index is 410. The average molecular weight is 340 g/mol. The van der Waals surface area contributed by atoms with Crippen molar-refractivity contribution in [1.29, 1.82) is 0 Å². The predicted molar refractivity (Wildman–Crippen MR) is 87.9 cm³/mol. The van der Waals surface area contributed by atoms with Gasteiger partial charge in [0.05, 0.1) is 5.60 Å². The van der Waals surface area contributed by atoms with Crippen LogP contribution in [0.15, 0.2) is 28.7 Å². The van der Waals surface area contributed by atoms with Crippen LogP contribution in [0, 0.1) is 5.92 Å². The van der Waals surface area contributed by atoms with Gasteiger partial charge in [-0.2, -0.15) is 0 Å². The van der Waals surface area contributed by atoms with Gasteiger partial charge in [0, 0.05) is 17.1 Å². The Kier molecular flexibility index (Phi) is 5.65. The van der Waals surface area contributed by atoms with Gasteiger partial charge in [-0.1, -0.05) is 35.0 Å². The quantitative estimate of drug-likeness (QED) is 0.852. The van der Waals surface area contributed by atoms with Crippen molar-refractivity contribution in [3.63, 3.8) is 0 Å². The molecule has 1 aliphatic rings. The van der Waals surface area contributed by atoms with Crippen LogP contribution in [-0.2, 0) is 6.42 Å². The summed E-state index contributed by atoms with van der Waals surface area (Å²) in [5.74, 6) is 0.774. The van der Waals surface area contributed by atoms with Crippen molar-refractivity contribution in [3.8, 4) is 0 Å². The second kappa shape index (κ2) is 7.06. The maximum atomic E-state index is 10.6. The summed E-state index contributed by atoms with van der Waals surface area (Å²) in [4.78, 5) is 0. The first-order valence-corrected chi connectivity index (χ1v) is 8.46. The highest BCUT2D eigenvalue weighted by molar-refractivity contribution is 9.10. The summed E-state index contributed by atoms with van der Waals surface area (Å²) in [5.41, 5.74) is 0.845. The highest BCUT2D eigenvalue weighted by Gasteiger charge is 2.31. The van der Waals surface area contributed by atoms with Crippen molar-refractivity contribution in [2.24, 2.45) is 5.92 Å². The lowest BCUT2D eigenvalue weighted by atomic mass is 9.79. The van der Waals surface area contributed by atoms with E-state index in [1.807, 2.05) is 0 Å². The molecule has 3 heteroatoms. The van der Waals surface area contributed by atoms with Crippen molar-refractivity contribution in [1.82, 2.24) is 5.32 Å². The van der Waals surface area contributed by atoms with Crippen LogP contribution < -0.4 is 5.32 Å². The second-order valence-corrected chi connectivity index (χ2v) is 7.44. The number of halogens is 1. The van der Waals surface area contributed by atoms with Crippen molar-refractivity contribution >= 4 is 15.9 Å². The third-order valence-corrected chi connectivity index (χ3v) is 4.97. The van der Waals surface area contributed by atoms with E-state index in [4.69, 9.17) is 0 Å². The summed E-state index contributed by atoms with van der Waals surface area (Å²) in [7, 11) is 0. The molecule has 0 saturated heterocycles. The van der Waals surface area contributed by atoms with Gasteiger partial charge in [-0.3, -0.25) is 0 Å². The molecule has 112 valence electrons. The zero-order valence-corrected chi connectivity index (χ0v) is 14.1. The topological polar surface area (TPSA) is 32.3 Å². The van der Waals surface area contributed by atoms with Crippen molar-refractivity contribution in [2.45, 2.75) is 57.6 Å². The predicted octanol–water partition coefficient (Wildman–Crippen LogP) is 3.91. The minimum Gasteiger partial charge on any atom is -0.389 e. The molecule has 1 atom stereocenters. The van der Waals surface area contributed by atoms with E-state index < -0.39 is 5.60 Å². The van der Waals surface area contributed by atoms with Crippen LogP contribution >= 0.6 is 15.9 Å². The zero-order chi connectivity index (χ0) is 14.6. The lowest BCUT2D eigenvalue weighted by Gasteiger charge is -2.36. The maximum absolute atomic E-state index is 10.6. The van der Waals surface area contributed by atoms with Crippen molar-refractivity contribution in [2.75, 3.05) is 6.54 Å². The zero-order valence-electron chi connectivity index (χ0n) is 12.5. The van der Waals surface area contributed by atoms with Gasteiger partial charge >= 0.3 is 0 Å². The molecule has 0 amide bonds. The normalized spacial score (nSPS) is 28.3. The minimum atomic E-state index is -0.486. The van der Waals surface area contributed by atoms with Crippen LogP contribution in [0.5, 0.6) is 0 Å². The number of benzene rings is 1. The van der Waals surface area contributed by atoms with E-state index in [-0.39, 0.29) is 0 Å². The third-order valence-electron chi connectivity index (χ3n) is 4.44. The summed E-state index contributed by atoms with van der Waals surface area (Å²) >= 11 is 3.46. The molecule has 0 heterocycles. The Morgan fingerprint density at radius 1 is 1.30 bits per heavy atom. The number of hydrogen-bond acceptors (Lipinski definition) is 2. The van der Waals surface area contributed by atoms with E-state index in [1.54, 1.807) is 0 Å². The van der Waals surface area contributed by atoms with E-state index in [0.717, 1.165) is 49.0 Å². The Morgan fingerprint density at radius 2 is 1.90 bits per heavy atom. The van der Waals surface area contributed by atoms with Gasteiger partial charge in [0.1, 0.15) is 0 Å². The molecule has 0 aliphatic heterocycles. The molecule has 20 heavy (non-hydrogen) atoms. The van der Waals surface area contributed by atoms with Crippen LogP contribution in [0.25, 0.3) is 0 Å². The van der Waals surface area contributed by atoms with Crippen molar-refractivity contribution in [3.05, 3.63) is 34.3 Å². The fourth-order valence-corrected chi connectivity index (χ4v) is 3.15. The van der Waals surface area contributed by atoms with Gasteiger partial charge in [0.2, 0.25) is 0 Å². The molecular weight excluding hydrogens is 314 g/mol. The first-order chi connectivity index (χ1) is 9.47. The van der Waals surface area contributed by atoms with E-state index in [0.29, 0.717) is 6.04 Å². The average Bonchev–Trinajstić information content (AvgIpc) is 2.43. The van der Waals surface area contributed by atoms with Crippen LogP contribution in [0.4, 0.5) is 0 Å². The van der Waals surface area contributed by atoms with Crippen LogP contribution in [0.2, 0.25) is 0 Å². The first kappa shape index (κ1) is 16.0. The van der Waals surface area contributed by atoms with E-state index in [9.17, 15) is 5.11 Å². The summed E-state index contributed by atoms with van der Waals surface area (Å²) in [6, 6.07) is 8.86. The molecule has 0 radical (unpaired) electrons. The fraction of sp³-hybridized carbons (Fsp3) is 0.647. The molecule has 1 saturated carbocycles. The molecule has 1 aromatic rings. The SMILES string of the molecule is CC1CCC(O)(CNC(C)Cc2ccc(Br)cc2)CC1. The van der Waals surface area contributed by atoms with Crippen LogP contribution in [0.3, 0.4) is 0 Å². The second-order valence-electron chi connectivity index (χ2n) is 6.52. The highest BCUT2D eigenvalue weighted by Crippen LogP contribution is 2.31. The molecular formula is C17H26BrNO. The van der Waals surface area contributed by atoms with E-state index in [2.05, 4.69) is 59.4 Å². The molecule has 1 fully saturated rings. The van der Waals surface area contributed by atoms with Gasteiger partial charge in [0.25, 0.3) is 0 Å². The van der Waals surface area contributed by atoms with E-state index >= 15 is 0 Å². The molecule has 0 spiro atoms. The number of nitrogens with one attached hydrogen (secondary N) is 1. The minimum absolute atomic E-state index is 0.388. The maximum Gasteiger partial charge on any atom is 0.0771 e. The molecule has 1 aromatic carbocycles. The molecule has 0 bridgehead atoms. The largest absolute Gasteiger partial charge is 0.389 e. The summed E-state index contributed by atoms with van der Waals surface area (Å²) < 4.78 is 1.12. The third kappa shape index (κ3) is 4.87. The van der Waals surface area contributed by atoms with E-state index in [1.165, 1.54) is 5.56 Å². The first-order valence-electron chi connectivity index (χ1n) is 7.67. The lowest BCUT2D eigenvalue weighted by Crippen LogP contribution is -2.46. The fourth-order valence-electron chi connectivity index (χ4n) is 2.89.